The van der Waals surface area contributed by atoms with Gasteiger partial charge in [0.15, 0.2) is 0 Å². The molecule has 0 heterocycles. The number of benzene rings is 1. The van der Waals surface area contributed by atoms with Gasteiger partial charge in [0, 0.05) is 18.7 Å². The predicted molar refractivity (Wildman–Crippen MR) is 107 cm³/mol. The topological polar surface area (TPSA) is 67.9 Å². The molecule has 1 aromatic carbocycles. The van der Waals surface area contributed by atoms with Gasteiger partial charge >= 0.3 is 6.09 Å². The van der Waals surface area contributed by atoms with Gasteiger partial charge in [0.1, 0.15) is 24.5 Å². The number of carbonyl (C=O) groups excluding carboxylic acids is 2. The van der Waals surface area contributed by atoms with Crippen LogP contribution in [0, 0.1) is 5.92 Å². The van der Waals surface area contributed by atoms with Gasteiger partial charge in [-0.2, -0.15) is 0 Å². The van der Waals surface area contributed by atoms with Crippen molar-refractivity contribution in [3.8, 4) is 5.75 Å². The third-order valence-corrected chi connectivity index (χ3v) is 3.38. The Labute approximate surface area is 162 Å². The third kappa shape index (κ3) is 9.13. The number of amides is 2. The van der Waals surface area contributed by atoms with Crippen LogP contribution in [0.3, 0.4) is 0 Å². The summed E-state index contributed by atoms with van der Waals surface area (Å²) < 4.78 is 11.0. The Hall–Kier alpha value is -2.50. The Kier molecular flexibility index (Phi) is 8.85. The summed E-state index contributed by atoms with van der Waals surface area (Å²) in [5.74, 6) is 0.669. The highest BCUT2D eigenvalue weighted by atomic mass is 16.6. The Morgan fingerprint density at radius 2 is 1.93 bits per heavy atom. The first-order valence-corrected chi connectivity index (χ1v) is 9.18. The van der Waals surface area contributed by atoms with Crippen molar-refractivity contribution in [2.45, 2.75) is 46.8 Å². The molecule has 2 amide bonds. The average molecular weight is 376 g/mol. The molecule has 0 aliphatic carbocycles. The van der Waals surface area contributed by atoms with Crippen molar-refractivity contribution in [1.82, 2.24) is 10.2 Å². The van der Waals surface area contributed by atoms with Crippen LogP contribution in [0.4, 0.5) is 4.79 Å². The normalized spacial score (nSPS) is 11.0. The summed E-state index contributed by atoms with van der Waals surface area (Å²) >= 11 is 0. The number of carbonyl (C=O) groups is 2. The van der Waals surface area contributed by atoms with Crippen LogP contribution < -0.4 is 10.1 Å². The molecular weight excluding hydrogens is 344 g/mol. The van der Waals surface area contributed by atoms with Crippen LogP contribution in [-0.4, -0.2) is 42.2 Å². The smallest absolute Gasteiger partial charge is 0.410 e. The lowest BCUT2D eigenvalue weighted by molar-refractivity contribution is -0.122. The Morgan fingerprint density at radius 3 is 2.52 bits per heavy atom. The van der Waals surface area contributed by atoms with Crippen molar-refractivity contribution in [2.24, 2.45) is 5.92 Å². The van der Waals surface area contributed by atoms with E-state index in [9.17, 15) is 9.59 Å². The summed E-state index contributed by atoms with van der Waals surface area (Å²) in [7, 11) is 0. The monoisotopic (exact) mass is 376 g/mol. The van der Waals surface area contributed by atoms with E-state index < -0.39 is 11.7 Å². The largest absolute Gasteiger partial charge is 0.489 e. The lowest BCUT2D eigenvalue weighted by atomic mass is 10.2. The van der Waals surface area contributed by atoms with Gasteiger partial charge in [0.25, 0.3) is 0 Å². The van der Waals surface area contributed by atoms with Crippen LogP contribution in [0.15, 0.2) is 36.9 Å². The van der Waals surface area contributed by atoms with Gasteiger partial charge in [-0.05, 0) is 32.8 Å². The predicted octanol–water partition coefficient (Wildman–Crippen LogP) is 3.76. The fraction of sp³-hybridized carbons (Fsp3) is 0.524. The Morgan fingerprint density at radius 1 is 1.26 bits per heavy atom. The van der Waals surface area contributed by atoms with E-state index in [1.165, 1.54) is 4.90 Å². The van der Waals surface area contributed by atoms with Gasteiger partial charge in [0.2, 0.25) is 5.91 Å². The fourth-order valence-electron chi connectivity index (χ4n) is 2.33. The summed E-state index contributed by atoms with van der Waals surface area (Å²) in [6, 6.07) is 7.49. The first-order valence-electron chi connectivity index (χ1n) is 9.18. The number of nitrogens with one attached hydrogen (secondary N) is 1. The summed E-state index contributed by atoms with van der Waals surface area (Å²) in [5, 5.41) is 2.84. The van der Waals surface area contributed by atoms with Gasteiger partial charge in [0.05, 0.1) is 0 Å². The summed E-state index contributed by atoms with van der Waals surface area (Å²) in [4.78, 5) is 26.2. The molecule has 0 fully saturated rings. The minimum Gasteiger partial charge on any atom is -0.489 e. The summed E-state index contributed by atoms with van der Waals surface area (Å²) in [6.45, 7) is 14.1. The van der Waals surface area contributed by atoms with Crippen LogP contribution in [-0.2, 0) is 16.1 Å². The number of hydrogen-bond acceptors (Lipinski definition) is 4. The van der Waals surface area contributed by atoms with Gasteiger partial charge in [-0.15, -0.1) is 0 Å². The van der Waals surface area contributed by atoms with Crippen molar-refractivity contribution in [2.75, 3.05) is 19.7 Å². The highest BCUT2D eigenvalue weighted by molar-refractivity contribution is 5.82. The van der Waals surface area contributed by atoms with Crippen LogP contribution >= 0.6 is 0 Å². The molecule has 27 heavy (non-hydrogen) atoms. The maximum Gasteiger partial charge on any atom is 0.410 e. The molecular formula is C21H32N2O4. The molecule has 0 aliphatic heterocycles. The minimum atomic E-state index is -0.607. The van der Waals surface area contributed by atoms with Gasteiger partial charge in [-0.1, -0.05) is 44.7 Å². The molecule has 6 nitrogen and oxygen atoms in total. The van der Waals surface area contributed by atoms with E-state index in [2.05, 4.69) is 11.9 Å². The standard InChI is InChI=1S/C21H32N2O4/c1-7-12-26-18-11-9-8-10-17(18)13-22-19(24)15-23(14-16(2)3)20(25)27-21(4,5)6/h7-11,16H,1,12-15H2,2-6H3,(H,22,24). The van der Waals surface area contributed by atoms with Crippen molar-refractivity contribution in [3.63, 3.8) is 0 Å². The van der Waals surface area contributed by atoms with Crippen LogP contribution in [0.1, 0.15) is 40.2 Å². The van der Waals surface area contributed by atoms with Crippen LogP contribution in [0.2, 0.25) is 0 Å². The number of para-hydroxylation sites is 1. The molecule has 0 atom stereocenters. The van der Waals surface area contributed by atoms with E-state index in [0.717, 1.165) is 5.56 Å². The maximum atomic E-state index is 12.4. The maximum absolute atomic E-state index is 12.4. The number of nitrogens with zero attached hydrogens (tertiary/aromatic N) is 1. The van der Waals surface area contributed by atoms with Crippen LogP contribution in [0.25, 0.3) is 0 Å². The van der Waals surface area contributed by atoms with Crippen molar-refractivity contribution < 1.29 is 19.1 Å². The molecule has 0 aliphatic rings. The Balaban J connectivity index is 2.69. The molecule has 0 radical (unpaired) electrons. The average Bonchev–Trinajstić information content (AvgIpc) is 2.56. The van der Waals surface area contributed by atoms with Crippen molar-refractivity contribution >= 4 is 12.0 Å². The van der Waals surface area contributed by atoms with E-state index >= 15 is 0 Å². The third-order valence-electron chi connectivity index (χ3n) is 3.38. The summed E-state index contributed by atoms with van der Waals surface area (Å²) in [5.41, 5.74) is 0.255. The second-order valence-corrected chi connectivity index (χ2v) is 7.74. The highest BCUT2D eigenvalue weighted by Crippen LogP contribution is 2.17. The molecule has 1 aromatic rings. The van der Waals surface area contributed by atoms with Crippen molar-refractivity contribution in [3.05, 3.63) is 42.5 Å². The molecule has 1 rings (SSSR count). The van der Waals surface area contributed by atoms with E-state index in [1.807, 2.05) is 38.1 Å². The molecule has 0 saturated heterocycles. The van der Waals surface area contributed by atoms with Gasteiger partial charge in [-0.25, -0.2) is 4.79 Å². The molecule has 0 unspecified atom stereocenters. The minimum absolute atomic E-state index is 0.0528. The van der Waals surface area contributed by atoms with E-state index in [4.69, 9.17) is 9.47 Å². The van der Waals surface area contributed by atoms with E-state index in [0.29, 0.717) is 25.4 Å². The molecule has 1 N–H and O–H groups in total. The second kappa shape index (κ2) is 10.6. The van der Waals surface area contributed by atoms with E-state index in [-0.39, 0.29) is 18.4 Å². The molecule has 0 aromatic heterocycles. The number of ether oxygens (including phenoxy) is 2. The first-order chi connectivity index (χ1) is 12.6. The van der Waals surface area contributed by atoms with Crippen LogP contribution in [0.5, 0.6) is 5.75 Å². The molecule has 150 valence electrons. The lowest BCUT2D eigenvalue weighted by Crippen LogP contribution is -2.44. The highest BCUT2D eigenvalue weighted by Gasteiger charge is 2.24. The quantitative estimate of drug-likeness (QED) is 0.666. The van der Waals surface area contributed by atoms with Gasteiger partial charge in [-0.3, -0.25) is 9.69 Å². The Bertz CT molecular complexity index is 635. The second-order valence-electron chi connectivity index (χ2n) is 7.74. The number of hydrogen-bond donors (Lipinski definition) is 1. The molecule has 0 bridgehead atoms. The zero-order valence-electron chi connectivity index (χ0n) is 17.1. The fourth-order valence-corrected chi connectivity index (χ4v) is 2.33. The van der Waals surface area contributed by atoms with Gasteiger partial charge < -0.3 is 14.8 Å². The van der Waals surface area contributed by atoms with Crippen molar-refractivity contribution in [1.29, 1.82) is 0 Å². The molecule has 0 spiro atoms. The zero-order chi connectivity index (χ0) is 20.4. The number of rotatable bonds is 9. The lowest BCUT2D eigenvalue weighted by Gasteiger charge is -2.28. The first kappa shape index (κ1) is 22.5. The zero-order valence-corrected chi connectivity index (χ0v) is 17.1. The SMILES string of the molecule is C=CCOc1ccccc1CNC(=O)CN(CC(C)C)C(=O)OC(C)(C)C. The molecule has 0 saturated carbocycles. The molecule has 6 heteroatoms. The summed E-state index contributed by atoms with van der Waals surface area (Å²) in [6.07, 6.45) is 1.18. The van der Waals surface area contributed by atoms with E-state index in [1.54, 1.807) is 26.8 Å².